The summed E-state index contributed by atoms with van der Waals surface area (Å²) in [5.74, 6) is -0.787. The number of nitrogens with zero attached hydrogens (tertiary/aromatic N) is 1. The first-order valence-electron chi connectivity index (χ1n) is 8.02. The van der Waals surface area contributed by atoms with Gasteiger partial charge in [0.25, 0.3) is 5.91 Å². The number of benzene rings is 1. The Morgan fingerprint density at radius 1 is 1.22 bits per heavy atom. The number of carbonyl (C=O) groups is 2. The van der Waals surface area contributed by atoms with Gasteiger partial charge in [-0.1, -0.05) is 25.7 Å². The summed E-state index contributed by atoms with van der Waals surface area (Å²) in [7, 11) is 0. The third-order valence-corrected chi connectivity index (χ3v) is 4.12. The van der Waals surface area contributed by atoms with Gasteiger partial charge in [-0.15, -0.1) is 0 Å². The van der Waals surface area contributed by atoms with E-state index in [0.29, 0.717) is 16.7 Å². The normalized spacial score (nSPS) is 16.0. The predicted molar refractivity (Wildman–Crippen MR) is 83.9 cm³/mol. The summed E-state index contributed by atoms with van der Waals surface area (Å²) in [5, 5.41) is 2.95. The summed E-state index contributed by atoms with van der Waals surface area (Å²) in [6, 6.07) is 5.06. The number of carbonyl (C=O) groups excluding carboxylic acids is 2. The second kappa shape index (κ2) is 7.26. The van der Waals surface area contributed by atoms with Gasteiger partial charge in [0.05, 0.1) is 5.56 Å². The van der Waals surface area contributed by atoms with Crippen molar-refractivity contribution >= 4 is 23.0 Å². The Morgan fingerprint density at radius 3 is 2.78 bits per heavy atom. The van der Waals surface area contributed by atoms with Crippen LogP contribution >= 0.6 is 0 Å². The molecule has 1 aliphatic carbocycles. The van der Waals surface area contributed by atoms with Gasteiger partial charge in [0.15, 0.2) is 18.6 Å². The topological polar surface area (TPSA) is 81.4 Å². The van der Waals surface area contributed by atoms with Crippen LogP contribution in [-0.2, 0) is 9.53 Å². The zero-order valence-electron chi connectivity index (χ0n) is 12.9. The van der Waals surface area contributed by atoms with Crippen LogP contribution in [0, 0.1) is 0 Å². The van der Waals surface area contributed by atoms with Gasteiger partial charge in [-0.25, -0.2) is 9.78 Å². The first-order chi connectivity index (χ1) is 11.2. The molecule has 0 spiro atoms. The van der Waals surface area contributed by atoms with Gasteiger partial charge < -0.3 is 14.5 Å². The van der Waals surface area contributed by atoms with Crippen LogP contribution < -0.4 is 5.32 Å². The predicted octanol–water partition coefficient (Wildman–Crippen LogP) is 2.82. The maximum absolute atomic E-state index is 12.0. The third-order valence-electron chi connectivity index (χ3n) is 4.12. The molecular formula is C17H20N2O4. The van der Waals surface area contributed by atoms with Crippen LogP contribution in [0.25, 0.3) is 11.1 Å². The van der Waals surface area contributed by atoms with E-state index in [2.05, 4.69) is 10.3 Å². The first kappa shape index (κ1) is 15.5. The molecule has 1 saturated carbocycles. The molecule has 6 heteroatoms. The average molecular weight is 316 g/mol. The number of fused-ring (bicyclic) bond motifs is 1. The van der Waals surface area contributed by atoms with Crippen molar-refractivity contribution in [3.8, 4) is 0 Å². The molecule has 2 aromatic rings. The summed E-state index contributed by atoms with van der Waals surface area (Å²) >= 11 is 0. The Kier molecular flexibility index (Phi) is 4.90. The number of nitrogens with one attached hydrogen (secondary N) is 1. The fourth-order valence-corrected chi connectivity index (χ4v) is 2.89. The number of ether oxygens (including phenoxy) is 1. The molecule has 1 heterocycles. The molecule has 1 aromatic heterocycles. The van der Waals surface area contributed by atoms with E-state index in [1.807, 2.05) is 0 Å². The van der Waals surface area contributed by atoms with Crippen molar-refractivity contribution in [2.75, 3.05) is 6.61 Å². The Balaban J connectivity index is 1.50. The van der Waals surface area contributed by atoms with Crippen molar-refractivity contribution < 1.29 is 18.7 Å². The molecule has 0 atom stereocenters. The third kappa shape index (κ3) is 4.09. The van der Waals surface area contributed by atoms with Crippen molar-refractivity contribution in [2.24, 2.45) is 0 Å². The molecule has 0 aliphatic heterocycles. The number of rotatable bonds is 4. The summed E-state index contributed by atoms with van der Waals surface area (Å²) in [6.07, 6.45) is 8.06. The average Bonchev–Trinajstić information content (AvgIpc) is 2.88. The zero-order chi connectivity index (χ0) is 16.1. The molecule has 122 valence electrons. The largest absolute Gasteiger partial charge is 0.452 e. The van der Waals surface area contributed by atoms with E-state index in [1.54, 1.807) is 18.2 Å². The van der Waals surface area contributed by atoms with Gasteiger partial charge in [-0.2, -0.15) is 0 Å². The number of oxazole rings is 1. The van der Waals surface area contributed by atoms with E-state index < -0.39 is 5.97 Å². The van der Waals surface area contributed by atoms with Gasteiger partial charge >= 0.3 is 5.97 Å². The van der Waals surface area contributed by atoms with Crippen molar-refractivity contribution in [1.29, 1.82) is 0 Å². The summed E-state index contributed by atoms with van der Waals surface area (Å²) in [5.41, 5.74) is 1.53. The molecule has 0 unspecified atom stereocenters. The molecule has 1 N–H and O–H groups in total. The zero-order valence-corrected chi connectivity index (χ0v) is 12.9. The molecule has 0 bridgehead atoms. The van der Waals surface area contributed by atoms with E-state index in [0.717, 1.165) is 25.7 Å². The number of esters is 1. The lowest BCUT2D eigenvalue weighted by molar-refractivity contribution is -0.125. The van der Waals surface area contributed by atoms with E-state index in [1.165, 1.54) is 19.2 Å². The summed E-state index contributed by atoms with van der Waals surface area (Å²) < 4.78 is 10.2. The highest BCUT2D eigenvalue weighted by molar-refractivity contribution is 5.94. The summed E-state index contributed by atoms with van der Waals surface area (Å²) in [4.78, 5) is 27.9. The van der Waals surface area contributed by atoms with Gasteiger partial charge in [0.2, 0.25) is 0 Å². The monoisotopic (exact) mass is 316 g/mol. The fourth-order valence-electron chi connectivity index (χ4n) is 2.89. The molecule has 1 aliphatic rings. The van der Waals surface area contributed by atoms with Crippen molar-refractivity contribution in [2.45, 2.75) is 44.6 Å². The lowest BCUT2D eigenvalue weighted by Crippen LogP contribution is -2.37. The van der Waals surface area contributed by atoms with E-state index in [-0.39, 0.29) is 18.6 Å². The van der Waals surface area contributed by atoms with Crippen molar-refractivity contribution in [3.63, 3.8) is 0 Å². The highest BCUT2D eigenvalue weighted by Crippen LogP contribution is 2.17. The van der Waals surface area contributed by atoms with Crippen LogP contribution in [0.2, 0.25) is 0 Å². The molecule has 23 heavy (non-hydrogen) atoms. The highest BCUT2D eigenvalue weighted by Gasteiger charge is 2.16. The maximum Gasteiger partial charge on any atom is 0.338 e. The second-order valence-electron chi connectivity index (χ2n) is 5.87. The minimum atomic E-state index is -0.542. The van der Waals surface area contributed by atoms with Gasteiger partial charge in [-0.3, -0.25) is 4.79 Å². The lowest BCUT2D eigenvalue weighted by atomic mass is 10.1. The molecular weight excluding hydrogens is 296 g/mol. The van der Waals surface area contributed by atoms with Crippen LogP contribution in [0.15, 0.2) is 29.0 Å². The number of aromatic nitrogens is 1. The second-order valence-corrected chi connectivity index (χ2v) is 5.87. The van der Waals surface area contributed by atoms with Crippen LogP contribution in [0.1, 0.15) is 48.9 Å². The van der Waals surface area contributed by atoms with E-state index in [9.17, 15) is 9.59 Å². The van der Waals surface area contributed by atoms with E-state index in [4.69, 9.17) is 9.15 Å². The maximum atomic E-state index is 12.0. The highest BCUT2D eigenvalue weighted by atomic mass is 16.5. The smallest absolute Gasteiger partial charge is 0.338 e. The van der Waals surface area contributed by atoms with E-state index >= 15 is 0 Å². The molecule has 1 fully saturated rings. The first-order valence-corrected chi connectivity index (χ1v) is 8.02. The standard InChI is InChI=1S/C17H20N2O4/c20-16(19-13-5-3-1-2-4-6-13)10-22-17(21)12-7-8-14-15(9-12)23-11-18-14/h7-9,11,13H,1-6,10H2,(H,19,20). The van der Waals surface area contributed by atoms with Gasteiger partial charge in [0, 0.05) is 6.04 Å². The Labute approximate surface area is 134 Å². The number of amides is 1. The van der Waals surface area contributed by atoms with Crippen LogP contribution in [-0.4, -0.2) is 29.5 Å². The molecule has 0 radical (unpaired) electrons. The SMILES string of the molecule is O=C(COC(=O)c1ccc2ncoc2c1)NC1CCCCCC1. The molecule has 1 amide bonds. The minimum absolute atomic E-state index is 0.203. The quantitative estimate of drug-likeness (QED) is 0.693. The Morgan fingerprint density at radius 2 is 2.00 bits per heavy atom. The Hall–Kier alpha value is -2.37. The summed E-state index contributed by atoms with van der Waals surface area (Å²) in [6.45, 7) is -0.260. The van der Waals surface area contributed by atoms with Crippen LogP contribution in [0.3, 0.4) is 0 Å². The fraction of sp³-hybridized carbons (Fsp3) is 0.471. The number of hydrogen-bond donors (Lipinski definition) is 1. The van der Waals surface area contributed by atoms with Crippen LogP contribution in [0.5, 0.6) is 0 Å². The molecule has 1 aromatic carbocycles. The minimum Gasteiger partial charge on any atom is -0.452 e. The molecule has 0 saturated heterocycles. The Bertz CT molecular complexity index is 687. The van der Waals surface area contributed by atoms with Gasteiger partial charge in [0.1, 0.15) is 5.52 Å². The van der Waals surface area contributed by atoms with Crippen molar-refractivity contribution in [1.82, 2.24) is 10.3 Å². The van der Waals surface area contributed by atoms with Crippen molar-refractivity contribution in [3.05, 3.63) is 30.2 Å². The number of hydrogen-bond acceptors (Lipinski definition) is 5. The van der Waals surface area contributed by atoms with Gasteiger partial charge in [-0.05, 0) is 31.0 Å². The molecule has 3 rings (SSSR count). The molecule has 6 nitrogen and oxygen atoms in total. The lowest BCUT2D eigenvalue weighted by Gasteiger charge is -2.16. The van der Waals surface area contributed by atoms with Crippen LogP contribution in [0.4, 0.5) is 0 Å².